The van der Waals surface area contributed by atoms with Crippen LogP contribution in [0.1, 0.15) is 0 Å². The van der Waals surface area contributed by atoms with Gasteiger partial charge in [-0.3, -0.25) is 10.1 Å². The van der Waals surface area contributed by atoms with Gasteiger partial charge < -0.3 is 4.42 Å². The molecule has 0 radical (unpaired) electrons. The van der Waals surface area contributed by atoms with E-state index in [9.17, 15) is 14.5 Å². The second-order valence-electron chi connectivity index (χ2n) is 3.89. The van der Waals surface area contributed by atoms with E-state index in [-0.39, 0.29) is 16.7 Å². The molecule has 0 aliphatic heterocycles. The molecule has 2 heterocycles. The minimum absolute atomic E-state index is 0.0567. The molecule has 1 aromatic carbocycles. The molecule has 20 heavy (non-hydrogen) atoms. The van der Waals surface area contributed by atoms with Crippen LogP contribution in [0.2, 0.25) is 5.15 Å². The Balaban J connectivity index is 2.18. The molecule has 0 amide bonds. The fraction of sp³-hybridized carbons (Fsp3) is 0. The van der Waals surface area contributed by atoms with Crippen molar-refractivity contribution < 1.29 is 13.7 Å². The van der Waals surface area contributed by atoms with Crippen LogP contribution in [0, 0.1) is 15.9 Å². The number of hydrogen-bond acceptors (Lipinski definition) is 5. The molecule has 0 aliphatic carbocycles. The monoisotopic (exact) mass is 293 g/mol. The SMILES string of the molecule is O=[N+]([O-])c1ccc(-c2nc(Cl)c3ccc(F)cc3n2)o1. The average Bonchev–Trinajstić information content (AvgIpc) is 2.87. The summed E-state index contributed by atoms with van der Waals surface area (Å²) < 4.78 is 18.2. The molecule has 8 heteroatoms. The Hall–Kier alpha value is -2.54. The summed E-state index contributed by atoms with van der Waals surface area (Å²) in [6.07, 6.45) is 0. The zero-order valence-corrected chi connectivity index (χ0v) is 10.5. The van der Waals surface area contributed by atoms with E-state index in [0.29, 0.717) is 10.9 Å². The minimum atomic E-state index is -0.675. The highest BCUT2D eigenvalue weighted by atomic mass is 35.5. The summed E-state index contributed by atoms with van der Waals surface area (Å²) >= 11 is 5.98. The second kappa shape index (κ2) is 4.53. The van der Waals surface area contributed by atoms with Crippen LogP contribution < -0.4 is 0 Å². The molecule has 0 saturated carbocycles. The van der Waals surface area contributed by atoms with Crippen molar-refractivity contribution in [1.82, 2.24) is 9.97 Å². The van der Waals surface area contributed by atoms with E-state index in [2.05, 4.69) is 9.97 Å². The maximum atomic E-state index is 13.2. The van der Waals surface area contributed by atoms with Crippen molar-refractivity contribution in [2.45, 2.75) is 0 Å². The first-order valence-electron chi connectivity index (χ1n) is 5.42. The van der Waals surface area contributed by atoms with Crippen LogP contribution >= 0.6 is 11.6 Å². The first kappa shape index (κ1) is 12.5. The smallest absolute Gasteiger partial charge is 0.397 e. The normalized spacial score (nSPS) is 10.9. The number of rotatable bonds is 2. The molecule has 0 spiro atoms. The summed E-state index contributed by atoms with van der Waals surface area (Å²) in [5.41, 5.74) is 0.291. The van der Waals surface area contributed by atoms with Gasteiger partial charge in [-0.05, 0) is 18.2 Å². The van der Waals surface area contributed by atoms with E-state index in [4.69, 9.17) is 16.0 Å². The third kappa shape index (κ3) is 2.08. The van der Waals surface area contributed by atoms with Crippen molar-refractivity contribution in [3.05, 3.63) is 51.4 Å². The van der Waals surface area contributed by atoms with Gasteiger partial charge in [0.2, 0.25) is 0 Å². The van der Waals surface area contributed by atoms with Crippen LogP contribution in [0.5, 0.6) is 0 Å². The highest BCUT2D eigenvalue weighted by Crippen LogP contribution is 2.28. The molecule has 2 aromatic heterocycles. The Morgan fingerprint density at radius 1 is 1.25 bits per heavy atom. The number of nitro groups is 1. The third-order valence-electron chi connectivity index (χ3n) is 2.60. The van der Waals surface area contributed by atoms with E-state index in [1.165, 1.54) is 30.3 Å². The van der Waals surface area contributed by atoms with Gasteiger partial charge in [0.15, 0.2) is 11.6 Å². The van der Waals surface area contributed by atoms with Crippen molar-refractivity contribution in [2.24, 2.45) is 0 Å². The molecule has 0 fully saturated rings. The Morgan fingerprint density at radius 2 is 2.05 bits per heavy atom. The maximum absolute atomic E-state index is 13.2. The Morgan fingerprint density at radius 3 is 2.75 bits per heavy atom. The standard InChI is InChI=1S/C12H5ClFN3O3/c13-11-7-2-1-6(14)5-8(7)15-12(16-11)9-3-4-10(20-9)17(18)19/h1-5H. The Bertz CT molecular complexity index is 834. The van der Waals surface area contributed by atoms with Gasteiger partial charge in [0.25, 0.3) is 0 Å². The summed E-state index contributed by atoms with van der Waals surface area (Å²) in [5, 5.41) is 11.2. The lowest BCUT2D eigenvalue weighted by Crippen LogP contribution is -1.91. The van der Waals surface area contributed by atoms with Crippen LogP contribution in [0.25, 0.3) is 22.5 Å². The first-order valence-corrected chi connectivity index (χ1v) is 5.80. The van der Waals surface area contributed by atoms with Gasteiger partial charge in [-0.25, -0.2) is 14.4 Å². The average molecular weight is 294 g/mol. The molecular weight excluding hydrogens is 289 g/mol. The van der Waals surface area contributed by atoms with Gasteiger partial charge in [0.05, 0.1) is 11.6 Å². The number of nitrogens with zero attached hydrogens (tertiary/aromatic N) is 3. The lowest BCUT2D eigenvalue weighted by molar-refractivity contribution is -0.401. The van der Waals surface area contributed by atoms with Gasteiger partial charge >= 0.3 is 5.88 Å². The van der Waals surface area contributed by atoms with Gasteiger partial charge in [-0.2, -0.15) is 0 Å². The van der Waals surface area contributed by atoms with Crippen LogP contribution in [0.4, 0.5) is 10.3 Å². The van der Waals surface area contributed by atoms with Gasteiger partial charge in [0.1, 0.15) is 15.9 Å². The lowest BCUT2D eigenvalue weighted by Gasteiger charge is -2.02. The van der Waals surface area contributed by atoms with E-state index < -0.39 is 16.6 Å². The van der Waals surface area contributed by atoms with E-state index in [1.807, 2.05) is 0 Å². The number of benzene rings is 1. The zero-order chi connectivity index (χ0) is 14.3. The van der Waals surface area contributed by atoms with Crippen molar-refractivity contribution in [3.63, 3.8) is 0 Å². The number of halogens is 2. The molecule has 0 saturated heterocycles. The quantitative estimate of drug-likeness (QED) is 0.409. The fourth-order valence-electron chi connectivity index (χ4n) is 1.72. The summed E-state index contributed by atoms with van der Waals surface area (Å²) in [5.74, 6) is -0.756. The molecular formula is C12H5ClFN3O3. The molecule has 3 rings (SSSR count). The van der Waals surface area contributed by atoms with Crippen LogP contribution in [0.3, 0.4) is 0 Å². The number of furan rings is 1. The third-order valence-corrected chi connectivity index (χ3v) is 2.89. The molecule has 6 nitrogen and oxygen atoms in total. The summed E-state index contributed by atoms with van der Waals surface area (Å²) in [6.45, 7) is 0. The predicted octanol–water partition coefficient (Wildman–Crippen LogP) is 3.59. The predicted molar refractivity (Wildman–Crippen MR) is 68.9 cm³/mol. The molecule has 3 aromatic rings. The minimum Gasteiger partial charge on any atom is -0.397 e. The van der Waals surface area contributed by atoms with E-state index in [0.717, 1.165) is 0 Å². The van der Waals surface area contributed by atoms with Crippen LogP contribution in [0.15, 0.2) is 34.7 Å². The van der Waals surface area contributed by atoms with Crippen LogP contribution in [-0.4, -0.2) is 14.9 Å². The number of aromatic nitrogens is 2. The number of fused-ring (bicyclic) bond motifs is 1. The largest absolute Gasteiger partial charge is 0.433 e. The molecule has 100 valence electrons. The second-order valence-corrected chi connectivity index (χ2v) is 4.25. The Kier molecular flexibility index (Phi) is 2.83. The highest BCUT2D eigenvalue weighted by molar-refractivity contribution is 6.34. The van der Waals surface area contributed by atoms with Crippen molar-refractivity contribution in [2.75, 3.05) is 0 Å². The maximum Gasteiger partial charge on any atom is 0.433 e. The summed E-state index contributed by atoms with van der Waals surface area (Å²) in [6, 6.07) is 6.44. The molecule has 0 unspecified atom stereocenters. The van der Waals surface area contributed by atoms with E-state index in [1.54, 1.807) is 0 Å². The molecule has 0 aliphatic rings. The van der Waals surface area contributed by atoms with Crippen molar-refractivity contribution in [3.8, 4) is 11.6 Å². The van der Waals surface area contributed by atoms with E-state index >= 15 is 0 Å². The van der Waals surface area contributed by atoms with Crippen molar-refractivity contribution in [1.29, 1.82) is 0 Å². The van der Waals surface area contributed by atoms with Gasteiger partial charge in [-0.15, -0.1) is 0 Å². The lowest BCUT2D eigenvalue weighted by atomic mass is 10.2. The molecule has 0 bridgehead atoms. The van der Waals surface area contributed by atoms with Crippen LogP contribution in [-0.2, 0) is 0 Å². The summed E-state index contributed by atoms with van der Waals surface area (Å²) in [4.78, 5) is 18.0. The first-order chi connectivity index (χ1) is 9.54. The number of hydrogen-bond donors (Lipinski definition) is 0. The summed E-state index contributed by atoms with van der Waals surface area (Å²) in [7, 11) is 0. The fourth-order valence-corrected chi connectivity index (χ4v) is 1.96. The molecule has 0 atom stereocenters. The van der Waals surface area contributed by atoms with Gasteiger partial charge in [-0.1, -0.05) is 11.6 Å². The Labute approximate surface area is 116 Å². The van der Waals surface area contributed by atoms with Gasteiger partial charge in [0, 0.05) is 11.5 Å². The van der Waals surface area contributed by atoms with Crippen molar-refractivity contribution >= 4 is 28.4 Å². The topological polar surface area (TPSA) is 82.1 Å². The highest BCUT2D eigenvalue weighted by Gasteiger charge is 2.16. The zero-order valence-electron chi connectivity index (χ0n) is 9.71. The molecule has 0 N–H and O–H groups in total.